The molecule has 0 unspecified atom stereocenters. The summed E-state index contributed by atoms with van der Waals surface area (Å²) in [5.41, 5.74) is 1.28. The number of aromatic nitrogens is 1. The summed E-state index contributed by atoms with van der Waals surface area (Å²) in [6, 6.07) is 2.08. The van der Waals surface area contributed by atoms with E-state index < -0.39 is 0 Å². The van der Waals surface area contributed by atoms with E-state index >= 15 is 0 Å². The van der Waals surface area contributed by atoms with Gasteiger partial charge in [0.25, 0.3) is 0 Å². The molecule has 0 aromatic carbocycles. The lowest BCUT2D eigenvalue weighted by atomic mass is 9.99. The average molecular weight is 334 g/mol. The molecule has 0 radical (unpaired) electrons. The van der Waals surface area contributed by atoms with E-state index in [0.29, 0.717) is 0 Å². The Kier molecular flexibility index (Phi) is 4.03. The highest BCUT2D eigenvalue weighted by Crippen LogP contribution is 2.29. The van der Waals surface area contributed by atoms with Crippen molar-refractivity contribution in [2.24, 2.45) is 5.92 Å². The highest BCUT2D eigenvalue weighted by atomic mass is 79.9. The van der Waals surface area contributed by atoms with E-state index in [2.05, 4.69) is 47.8 Å². The maximum Gasteiger partial charge on any atom is 0.0592 e. The monoisotopic (exact) mass is 332 g/mol. The number of alkyl halides is 1. The van der Waals surface area contributed by atoms with Crippen LogP contribution in [0.1, 0.15) is 12.8 Å². The summed E-state index contributed by atoms with van der Waals surface area (Å²) in [7, 11) is 0. The third kappa shape index (κ3) is 2.72. The zero-order valence-corrected chi connectivity index (χ0v) is 11.7. The average Bonchev–Trinajstić information content (AvgIpc) is 2.30. The molecule has 2 rings (SSSR count). The van der Waals surface area contributed by atoms with Crippen LogP contribution in [0.5, 0.6) is 0 Å². The molecule has 0 aliphatic carbocycles. The van der Waals surface area contributed by atoms with E-state index in [9.17, 15) is 0 Å². The van der Waals surface area contributed by atoms with Gasteiger partial charge in [0.15, 0.2) is 0 Å². The quantitative estimate of drug-likeness (QED) is 0.770. The Bertz CT molecular complexity index is 322. The second kappa shape index (κ2) is 5.30. The Labute approximate surface area is 107 Å². The van der Waals surface area contributed by atoms with Crippen molar-refractivity contribution in [1.82, 2.24) is 4.98 Å². The number of pyridine rings is 1. The SMILES string of the molecule is BrCC1CCN(c2ccncc2Br)CC1. The number of rotatable bonds is 2. The minimum absolute atomic E-state index is 0.849. The van der Waals surface area contributed by atoms with Crippen molar-refractivity contribution in [3.05, 3.63) is 22.9 Å². The van der Waals surface area contributed by atoms with Gasteiger partial charge in [0.2, 0.25) is 0 Å². The second-order valence-corrected chi connectivity index (χ2v) is 5.41. The lowest BCUT2D eigenvalue weighted by Crippen LogP contribution is -2.34. The predicted molar refractivity (Wildman–Crippen MR) is 70.7 cm³/mol. The smallest absolute Gasteiger partial charge is 0.0592 e. The fourth-order valence-electron chi connectivity index (χ4n) is 1.95. The van der Waals surface area contributed by atoms with Crippen LogP contribution in [0.15, 0.2) is 22.9 Å². The van der Waals surface area contributed by atoms with Crippen LogP contribution >= 0.6 is 31.9 Å². The molecule has 1 aromatic heterocycles. The molecule has 1 fully saturated rings. The van der Waals surface area contributed by atoms with Gasteiger partial charge < -0.3 is 4.90 Å². The number of hydrogen-bond donors (Lipinski definition) is 0. The molecule has 0 atom stereocenters. The van der Waals surface area contributed by atoms with Crippen LogP contribution in [-0.2, 0) is 0 Å². The molecule has 4 heteroatoms. The number of nitrogens with zero attached hydrogens (tertiary/aromatic N) is 2. The summed E-state index contributed by atoms with van der Waals surface area (Å²) in [5, 5.41) is 1.14. The van der Waals surface area contributed by atoms with Crippen LogP contribution in [0.25, 0.3) is 0 Å². The third-order valence-corrected chi connectivity index (χ3v) is 4.45. The fourth-order valence-corrected chi connectivity index (χ4v) is 3.10. The summed E-state index contributed by atoms with van der Waals surface area (Å²) in [6.07, 6.45) is 6.28. The van der Waals surface area contributed by atoms with Gasteiger partial charge in [0, 0.05) is 30.8 Å². The fraction of sp³-hybridized carbons (Fsp3) is 0.545. The maximum atomic E-state index is 4.09. The van der Waals surface area contributed by atoms with Gasteiger partial charge in [-0.15, -0.1) is 0 Å². The van der Waals surface area contributed by atoms with Crippen LogP contribution in [0.2, 0.25) is 0 Å². The normalized spacial score (nSPS) is 18.1. The second-order valence-electron chi connectivity index (χ2n) is 3.91. The summed E-state index contributed by atoms with van der Waals surface area (Å²) < 4.78 is 1.10. The highest BCUT2D eigenvalue weighted by Gasteiger charge is 2.19. The number of anilines is 1. The molecule has 0 saturated carbocycles. The zero-order valence-electron chi connectivity index (χ0n) is 8.50. The molecular weight excluding hydrogens is 320 g/mol. The molecule has 0 amide bonds. The molecule has 2 heterocycles. The first kappa shape index (κ1) is 11.4. The maximum absolute atomic E-state index is 4.09. The lowest BCUT2D eigenvalue weighted by Gasteiger charge is -2.33. The summed E-state index contributed by atoms with van der Waals surface area (Å²) >= 11 is 7.11. The minimum Gasteiger partial charge on any atom is -0.371 e. The van der Waals surface area contributed by atoms with E-state index in [1.807, 2.05) is 12.4 Å². The molecule has 2 nitrogen and oxygen atoms in total. The van der Waals surface area contributed by atoms with Crippen LogP contribution in [0.3, 0.4) is 0 Å². The first-order valence-corrected chi connectivity index (χ1v) is 7.13. The predicted octanol–water partition coefficient (Wildman–Crippen LogP) is 3.46. The molecule has 0 N–H and O–H groups in total. The van der Waals surface area contributed by atoms with Gasteiger partial charge in [-0.2, -0.15) is 0 Å². The van der Waals surface area contributed by atoms with E-state index in [1.165, 1.54) is 18.5 Å². The van der Waals surface area contributed by atoms with Gasteiger partial charge >= 0.3 is 0 Å². The number of halogens is 2. The van der Waals surface area contributed by atoms with Crippen molar-refractivity contribution >= 4 is 37.5 Å². The molecule has 82 valence electrons. The van der Waals surface area contributed by atoms with E-state index in [1.54, 1.807) is 0 Å². The van der Waals surface area contributed by atoms with Crippen molar-refractivity contribution < 1.29 is 0 Å². The Morgan fingerprint density at radius 3 is 2.73 bits per heavy atom. The summed E-state index contributed by atoms with van der Waals surface area (Å²) in [5.74, 6) is 0.849. The standard InChI is InChI=1S/C11H14Br2N2/c12-7-9-2-5-15(6-3-9)11-1-4-14-8-10(11)13/h1,4,8-9H,2-3,5-7H2. The van der Waals surface area contributed by atoms with Crippen molar-refractivity contribution in [2.45, 2.75) is 12.8 Å². The van der Waals surface area contributed by atoms with Gasteiger partial charge in [0.1, 0.15) is 0 Å². The van der Waals surface area contributed by atoms with Gasteiger partial charge in [-0.3, -0.25) is 4.98 Å². The van der Waals surface area contributed by atoms with Gasteiger partial charge in [-0.1, -0.05) is 15.9 Å². The largest absolute Gasteiger partial charge is 0.371 e. The van der Waals surface area contributed by atoms with Crippen molar-refractivity contribution in [2.75, 3.05) is 23.3 Å². The molecule has 1 saturated heterocycles. The molecular formula is C11H14Br2N2. The van der Waals surface area contributed by atoms with Crippen LogP contribution < -0.4 is 4.90 Å². The lowest BCUT2D eigenvalue weighted by molar-refractivity contribution is 0.447. The zero-order chi connectivity index (χ0) is 10.7. The summed E-state index contributed by atoms with van der Waals surface area (Å²) in [6.45, 7) is 2.30. The molecule has 1 aliphatic rings. The van der Waals surface area contributed by atoms with Crippen molar-refractivity contribution in [3.8, 4) is 0 Å². The van der Waals surface area contributed by atoms with Gasteiger partial charge in [-0.05, 0) is 40.8 Å². The molecule has 1 aliphatic heterocycles. The topological polar surface area (TPSA) is 16.1 Å². The van der Waals surface area contributed by atoms with Crippen LogP contribution in [-0.4, -0.2) is 23.4 Å². The summed E-state index contributed by atoms with van der Waals surface area (Å²) in [4.78, 5) is 6.53. The van der Waals surface area contributed by atoms with Crippen molar-refractivity contribution in [3.63, 3.8) is 0 Å². The minimum atomic E-state index is 0.849. The van der Waals surface area contributed by atoms with E-state index in [-0.39, 0.29) is 0 Å². The van der Waals surface area contributed by atoms with E-state index in [4.69, 9.17) is 0 Å². The Balaban J connectivity index is 2.04. The Morgan fingerprint density at radius 1 is 1.40 bits per heavy atom. The number of hydrogen-bond acceptors (Lipinski definition) is 2. The van der Waals surface area contributed by atoms with Gasteiger partial charge in [0.05, 0.1) is 10.2 Å². The van der Waals surface area contributed by atoms with Crippen LogP contribution in [0.4, 0.5) is 5.69 Å². The molecule has 15 heavy (non-hydrogen) atoms. The van der Waals surface area contributed by atoms with E-state index in [0.717, 1.165) is 28.8 Å². The first-order valence-electron chi connectivity index (χ1n) is 5.21. The number of piperidine rings is 1. The molecule has 1 aromatic rings. The van der Waals surface area contributed by atoms with Crippen LogP contribution in [0, 0.1) is 5.92 Å². The highest BCUT2D eigenvalue weighted by molar-refractivity contribution is 9.10. The van der Waals surface area contributed by atoms with Crippen molar-refractivity contribution in [1.29, 1.82) is 0 Å². The van der Waals surface area contributed by atoms with Gasteiger partial charge in [-0.25, -0.2) is 0 Å². The Morgan fingerprint density at radius 2 is 2.13 bits per heavy atom. The molecule has 0 spiro atoms. The first-order chi connectivity index (χ1) is 7.31. The molecule has 0 bridgehead atoms. The Hall–Kier alpha value is -0.0900. The third-order valence-electron chi connectivity index (χ3n) is 2.92.